The summed E-state index contributed by atoms with van der Waals surface area (Å²) < 4.78 is 5.31. The minimum absolute atomic E-state index is 0.0433. The summed E-state index contributed by atoms with van der Waals surface area (Å²) in [6.07, 6.45) is 0.344. The summed E-state index contributed by atoms with van der Waals surface area (Å²) in [5.41, 5.74) is 0.940. The van der Waals surface area contributed by atoms with Crippen molar-refractivity contribution in [2.75, 3.05) is 26.7 Å². The lowest BCUT2D eigenvalue weighted by Crippen LogP contribution is -2.36. The summed E-state index contributed by atoms with van der Waals surface area (Å²) in [4.78, 5) is 27.4. The molecular weight excluding hydrogens is 280 g/mol. The van der Waals surface area contributed by atoms with Crippen LogP contribution in [0.2, 0.25) is 0 Å². The maximum Gasteiger partial charge on any atom is 0.224 e. The van der Waals surface area contributed by atoms with E-state index in [-0.39, 0.29) is 11.8 Å². The van der Waals surface area contributed by atoms with Gasteiger partial charge in [-0.1, -0.05) is 18.2 Å². The zero-order valence-electron chi connectivity index (χ0n) is 14.0. The quantitative estimate of drug-likeness (QED) is 0.740. The Balaban J connectivity index is 2.70. The van der Waals surface area contributed by atoms with E-state index in [0.717, 1.165) is 11.3 Å². The fourth-order valence-corrected chi connectivity index (χ4v) is 2.35. The summed E-state index contributed by atoms with van der Waals surface area (Å²) in [6, 6.07) is 7.61. The van der Waals surface area contributed by atoms with Crippen LogP contribution in [0.15, 0.2) is 24.3 Å². The number of carbonyl (C=O) groups is 2. The fraction of sp³-hybridized carbons (Fsp3) is 0.529. The van der Waals surface area contributed by atoms with E-state index in [1.54, 1.807) is 16.9 Å². The van der Waals surface area contributed by atoms with Crippen molar-refractivity contribution in [2.45, 2.75) is 33.7 Å². The maximum atomic E-state index is 12.1. The lowest BCUT2D eigenvalue weighted by molar-refractivity contribution is -0.133. The number of rotatable bonds is 8. The molecule has 0 saturated carbocycles. The van der Waals surface area contributed by atoms with E-state index < -0.39 is 0 Å². The highest BCUT2D eigenvalue weighted by atomic mass is 16.5. The summed E-state index contributed by atoms with van der Waals surface area (Å²) >= 11 is 0. The number of hydrogen-bond donors (Lipinski definition) is 0. The number of methoxy groups -OCH3 is 1. The van der Waals surface area contributed by atoms with Gasteiger partial charge in [0.25, 0.3) is 0 Å². The zero-order chi connectivity index (χ0) is 16.5. The number of amides is 2. The average molecular weight is 306 g/mol. The zero-order valence-corrected chi connectivity index (χ0v) is 14.0. The molecule has 5 heteroatoms. The van der Waals surface area contributed by atoms with E-state index in [1.807, 2.05) is 38.1 Å². The Morgan fingerprint density at radius 2 is 1.73 bits per heavy atom. The molecular formula is C17H26N2O3. The fourth-order valence-electron chi connectivity index (χ4n) is 2.35. The molecule has 22 heavy (non-hydrogen) atoms. The van der Waals surface area contributed by atoms with Gasteiger partial charge in [-0.15, -0.1) is 0 Å². The third kappa shape index (κ3) is 5.06. The van der Waals surface area contributed by atoms with Crippen molar-refractivity contribution >= 4 is 11.8 Å². The van der Waals surface area contributed by atoms with Crippen LogP contribution < -0.4 is 4.74 Å². The number of nitrogens with zero attached hydrogens (tertiary/aromatic N) is 2. The van der Waals surface area contributed by atoms with Crippen LogP contribution in [0.1, 0.15) is 32.8 Å². The van der Waals surface area contributed by atoms with Gasteiger partial charge in [0.15, 0.2) is 0 Å². The van der Waals surface area contributed by atoms with Gasteiger partial charge >= 0.3 is 0 Å². The van der Waals surface area contributed by atoms with Crippen molar-refractivity contribution in [3.63, 3.8) is 0 Å². The highest BCUT2D eigenvalue weighted by Crippen LogP contribution is 2.19. The molecule has 0 saturated heterocycles. The van der Waals surface area contributed by atoms with Crippen LogP contribution in [0.25, 0.3) is 0 Å². The minimum atomic E-state index is -0.0433. The predicted molar refractivity (Wildman–Crippen MR) is 86.6 cm³/mol. The SMILES string of the molecule is CCN(CC)C(=O)CCN(Cc1ccccc1OC)C(C)=O. The van der Waals surface area contributed by atoms with Crippen LogP contribution in [0.4, 0.5) is 0 Å². The van der Waals surface area contributed by atoms with Gasteiger partial charge in [0.05, 0.1) is 7.11 Å². The minimum Gasteiger partial charge on any atom is -0.496 e. The maximum absolute atomic E-state index is 12.1. The van der Waals surface area contributed by atoms with Gasteiger partial charge in [0.2, 0.25) is 11.8 Å². The molecule has 0 spiro atoms. The second-order valence-corrected chi connectivity index (χ2v) is 5.07. The second-order valence-electron chi connectivity index (χ2n) is 5.07. The summed E-state index contributed by atoms with van der Waals surface area (Å²) in [7, 11) is 1.61. The molecule has 0 radical (unpaired) electrons. The van der Waals surface area contributed by atoms with Crippen LogP contribution in [-0.4, -0.2) is 48.4 Å². The van der Waals surface area contributed by atoms with Crippen LogP contribution in [0.3, 0.4) is 0 Å². The van der Waals surface area contributed by atoms with Crippen molar-refractivity contribution in [3.05, 3.63) is 29.8 Å². The molecule has 0 bridgehead atoms. The number of benzene rings is 1. The molecule has 0 atom stereocenters. The van der Waals surface area contributed by atoms with Crippen molar-refractivity contribution in [1.82, 2.24) is 9.80 Å². The second kappa shape index (κ2) is 9.07. The summed E-state index contributed by atoms with van der Waals surface area (Å²) in [5.74, 6) is 0.790. The first-order valence-electron chi connectivity index (χ1n) is 7.68. The molecule has 2 amide bonds. The van der Waals surface area contributed by atoms with Gasteiger partial charge in [0.1, 0.15) is 5.75 Å². The third-order valence-electron chi connectivity index (χ3n) is 3.71. The topological polar surface area (TPSA) is 49.9 Å². The van der Waals surface area contributed by atoms with E-state index >= 15 is 0 Å². The molecule has 1 aromatic carbocycles. The Labute approximate surface area is 132 Å². The first kappa shape index (κ1) is 18.0. The molecule has 0 N–H and O–H groups in total. The first-order valence-corrected chi connectivity index (χ1v) is 7.68. The normalized spacial score (nSPS) is 10.2. The van der Waals surface area contributed by atoms with E-state index in [4.69, 9.17) is 4.74 Å². The van der Waals surface area contributed by atoms with Crippen molar-refractivity contribution in [2.24, 2.45) is 0 Å². The summed E-state index contributed by atoms with van der Waals surface area (Å²) in [5, 5.41) is 0. The molecule has 5 nitrogen and oxygen atoms in total. The van der Waals surface area contributed by atoms with Crippen molar-refractivity contribution < 1.29 is 14.3 Å². The Kier molecular flexibility index (Phi) is 7.43. The first-order chi connectivity index (χ1) is 10.5. The lowest BCUT2D eigenvalue weighted by Gasteiger charge is -2.24. The van der Waals surface area contributed by atoms with E-state index in [9.17, 15) is 9.59 Å². The molecule has 0 fully saturated rings. The Hall–Kier alpha value is -2.04. The van der Waals surface area contributed by atoms with Crippen LogP contribution >= 0.6 is 0 Å². The third-order valence-corrected chi connectivity index (χ3v) is 3.71. The van der Waals surface area contributed by atoms with Gasteiger partial charge in [-0.25, -0.2) is 0 Å². The Morgan fingerprint density at radius 3 is 2.27 bits per heavy atom. The molecule has 0 heterocycles. The smallest absolute Gasteiger partial charge is 0.224 e. The Morgan fingerprint density at radius 1 is 1.09 bits per heavy atom. The molecule has 1 aromatic rings. The van der Waals surface area contributed by atoms with E-state index in [2.05, 4.69) is 0 Å². The highest BCUT2D eigenvalue weighted by molar-refractivity contribution is 5.78. The lowest BCUT2D eigenvalue weighted by atomic mass is 10.2. The molecule has 0 aliphatic rings. The van der Waals surface area contributed by atoms with Gasteiger partial charge in [-0.05, 0) is 19.9 Å². The van der Waals surface area contributed by atoms with Crippen molar-refractivity contribution in [1.29, 1.82) is 0 Å². The number of hydrogen-bond acceptors (Lipinski definition) is 3. The van der Waals surface area contributed by atoms with E-state index in [1.165, 1.54) is 6.92 Å². The molecule has 0 aliphatic carbocycles. The molecule has 122 valence electrons. The summed E-state index contributed by atoms with van der Waals surface area (Å²) in [6.45, 7) is 7.70. The van der Waals surface area contributed by atoms with Crippen LogP contribution in [-0.2, 0) is 16.1 Å². The van der Waals surface area contributed by atoms with Crippen molar-refractivity contribution in [3.8, 4) is 5.75 Å². The molecule has 0 unspecified atom stereocenters. The van der Waals surface area contributed by atoms with E-state index in [0.29, 0.717) is 32.6 Å². The average Bonchev–Trinajstić information content (AvgIpc) is 2.52. The molecule has 0 aliphatic heterocycles. The monoisotopic (exact) mass is 306 g/mol. The van der Waals surface area contributed by atoms with Gasteiger partial charge in [-0.2, -0.15) is 0 Å². The molecule has 0 aromatic heterocycles. The molecule has 1 rings (SSSR count). The van der Waals surface area contributed by atoms with Crippen LogP contribution in [0.5, 0.6) is 5.75 Å². The number of ether oxygens (including phenoxy) is 1. The number of para-hydroxylation sites is 1. The van der Waals surface area contributed by atoms with Gasteiger partial charge in [-0.3, -0.25) is 9.59 Å². The van der Waals surface area contributed by atoms with Crippen LogP contribution in [0, 0.1) is 0 Å². The Bertz CT molecular complexity index is 498. The van der Waals surface area contributed by atoms with Gasteiger partial charge in [0, 0.05) is 45.1 Å². The predicted octanol–water partition coefficient (Wildman–Crippen LogP) is 2.30. The van der Waals surface area contributed by atoms with Gasteiger partial charge < -0.3 is 14.5 Å². The number of carbonyl (C=O) groups excluding carboxylic acids is 2. The standard InChI is InChI=1S/C17H26N2O3/c1-5-18(6-2)17(21)11-12-19(14(3)20)13-15-9-7-8-10-16(15)22-4/h7-10H,5-6,11-13H2,1-4H3. The largest absolute Gasteiger partial charge is 0.496 e. The highest BCUT2D eigenvalue weighted by Gasteiger charge is 2.16.